The average Bonchev–Trinajstić information content (AvgIpc) is 2.23. The molecule has 0 bridgehead atoms. The van der Waals surface area contributed by atoms with Crippen molar-refractivity contribution in [1.29, 1.82) is 0 Å². The zero-order chi connectivity index (χ0) is 14.7. The van der Waals surface area contributed by atoms with Crippen LogP contribution in [0.4, 0.5) is 5.69 Å². The number of sulfonamides is 1. The molecule has 0 radical (unpaired) electrons. The number of nitrogens with zero attached hydrogens (tertiary/aromatic N) is 1. The smallest absolute Gasteiger partial charge is 0.324 e. The SMILES string of the molecule is CS(=O)(=O)CS(=O)(=O)N(CC(=O)O)c1ccccc1. The van der Waals surface area contributed by atoms with Gasteiger partial charge in [0.05, 0.1) is 5.69 Å². The van der Waals surface area contributed by atoms with Crippen molar-refractivity contribution in [2.75, 3.05) is 22.2 Å². The summed E-state index contributed by atoms with van der Waals surface area (Å²) in [5.74, 6) is -1.37. The number of hydrogen-bond acceptors (Lipinski definition) is 5. The molecule has 9 heteroatoms. The fraction of sp³-hybridized carbons (Fsp3) is 0.300. The molecule has 7 nitrogen and oxygen atoms in total. The van der Waals surface area contributed by atoms with Crippen LogP contribution in [-0.4, -0.2) is 45.8 Å². The van der Waals surface area contributed by atoms with Gasteiger partial charge in [-0.05, 0) is 12.1 Å². The topological polar surface area (TPSA) is 109 Å². The summed E-state index contributed by atoms with van der Waals surface area (Å²) in [5, 5.41) is 7.61. The largest absolute Gasteiger partial charge is 0.480 e. The van der Waals surface area contributed by atoms with Crippen molar-refractivity contribution in [2.24, 2.45) is 0 Å². The second-order valence-corrected chi connectivity index (χ2v) is 8.29. The van der Waals surface area contributed by atoms with Crippen LogP contribution >= 0.6 is 0 Å². The fourth-order valence-electron chi connectivity index (χ4n) is 1.40. The first-order valence-corrected chi connectivity index (χ1v) is 8.74. The Morgan fingerprint density at radius 1 is 1.16 bits per heavy atom. The lowest BCUT2D eigenvalue weighted by molar-refractivity contribution is -0.135. The highest BCUT2D eigenvalue weighted by Gasteiger charge is 2.28. The van der Waals surface area contributed by atoms with E-state index >= 15 is 0 Å². The standard InChI is InChI=1S/C10H13NO6S2/c1-18(14,15)8-19(16,17)11(7-10(12)13)9-5-3-2-4-6-9/h2-6H,7-8H2,1H3,(H,12,13). The molecule has 0 saturated heterocycles. The Hall–Kier alpha value is -1.61. The maximum atomic E-state index is 12.0. The Morgan fingerprint density at radius 3 is 2.11 bits per heavy atom. The molecule has 0 unspecified atom stereocenters. The Bertz CT molecular complexity index is 651. The minimum absolute atomic E-state index is 0.105. The third kappa shape index (κ3) is 4.87. The molecule has 0 amide bonds. The summed E-state index contributed by atoms with van der Waals surface area (Å²) >= 11 is 0. The number of para-hydroxylation sites is 1. The lowest BCUT2D eigenvalue weighted by Crippen LogP contribution is -2.39. The summed E-state index contributed by atoms with van der Waals surface area (Å²) in [5.41, 5.74) is 0.105. The second kappa shape index (κ2) is 5.57. The summed E-state index contributed by atoms with van der Waals surface area (Å²) in [6, 6.07) is 7.47. The first-order valence-electron chi connectivity index (χ1n) is 5.07. The summed E-state index contributed by atoms with van der Waals surface area (Å²) in [6.07, 6.45) is 0.772. The van der Waals surface area contributed by atoms with Crippen LogP contribution in [0.2, 0.25) is 0 Å². The van der Waals surface area contributed by atoms with Crippen molar-refractivity contribution in [1.82, 2.24) is 0 Å². The molecule has 106 valence electrons. The minimum atomic E-state index is -4.26. The summed E-state index contributed by atoms with van der Waals surface area (Å²) in [6.45, 7) is -0.831. The number of carboxylic acid groups (broad SMARTS) is 1. The molecule has 0 aromatic heterocycles. The minimum Gasteiger partial charge on any atom is -0.480 e. The molecule has 1 rings (SSSR count). The number of hydrogen-bond donors (Lipinski definition) is 1. The normalized spacial score (nSPS) is 12.1. The van der Waals surface area contributed by atoms with Crippen LogP contribution in [0, 0.1) is 0 Å². The van der Waals surface area contributed by atoms with E-state index in [0.29, 0.717) is 4.31 Å². The van der Waals surface area contributed by atoms with Crippen molar-refractivity contribution < 1.29 is 26.7 Å². The van der Waals surface area contributed by atoms with Gasteiger partial charge in [-0.1, -0.05) is 18.2 Å². The van der Waals surface area contributed by atoms with E-state index in [1.165, 1.54) is 24.3 Å². The van der Waals surface area contributed by atoms with E-state index in [0.717, 1.165) is 6.26 Å². The molecule has 0 aliphatic heterocycles. The Balaban J connectivity index is 3.22. The third-order valence-electron chi connectivity index (χ3n) is 2.02. The van der Waals surface area contributed by atoms with Gasteiger partial charge in [-0.2, -0.15) is 0 Å². The lowest BCUT2D eigenvalue weighted by atomic mass is 10.3. The maximum absolute atomic E-state index is 12.0. The van der Waals surface area contributed by atoms with Crippen LogP contribution in [0.3, 0.4) is 0 Å². The van der Waals surface area contributed by atoms with Gasteiger partial charge in [-0.15, -0.1) is 0 Å². The van der Waals surface area contributed by atoms with Gasteiger partial charge in [-0.3, -0.25) is 9.10 Å². The van der Waals surface area contributed by atoms with E-state index in [-0.39, 0.29) is 5.69 Å². The Labute approximate surface area is 111 Å². The van der Waals surface area contributed by atoms with E-state index in [1.807, 2.05) is 0 Å². The molecular weight excluding hydrogens is 294 g/mol. The van der Waals surface area contributed by atoms with E-state index in [9.17, 15) is 21.6 Å². The van der Waals surface area contributed by atoms with Crippen LogP contribution in [0.25, 0.3) is 0 Å². The molecule has 1 N–H and O–H groups in total. The zero-order valence-electron chi connectivity index (χ0n) is 10.1. The molecule has 0 aliphatic carbocycles. The molecule has 19 heavy (non-hydrogen) atoms. The molecule has 0 saturated carbocycles. The summed E-state index contributed by atoms with van der Waals surface area (Å²) < 4.78 is 46.7. The maximum Gasteiger partial charge on any atom is 0.324 e. The van der Waals surface area contributed by atoms with Gasteiger partial charge in [0, 0.05) is 6.26 Å². The van der Waals surface area contributed by atoms with E-state index in [4.69, 9.17) is 5.11 Å². The van der Waals surface area contributed by atoms with Gasteiger partial charge >= 0.3 is 5.97 Å². The van der Waals surface area contributed by atoms with Crippen LogP contribution < -0.4 is 4.31 Å². The molecule has 0 heterocycles. The molecule has 1 aromatic carbocycles. The van der Waals surface area contributed by atoms with Gasteiger partial charge in [0.2, 0.25) is 10.0 Å². The van der Waals surface area contributed by atoms with Gasteiger partial charge in [0.15, 0.2) is 14.9 Å². The number of carbonyl (C=O) groups is 1. The Morgan fingerprint density at radius 2 is 1.68 bits per heavy atom. The highest BCUT2D eigenvalue weighted by Crippen LogP contribution is 2.18. The molecule has 1 aromatic rings. The Kier molecular flexibility index (Phi) is 4.53. The summed E-state index contributed by atoms with van der Waals surface area (Å²) in [7, 11) is -8.06. The van der Waals surface area contributed by atoms with Gasteiger partial charge in [0.25, 0.3) is 0 Å². The highest BCUT2D eigenvalue weighted by atomic mass is 32.3. The highest BCUT2D eigenvalue weighted by molar-refractivity contribution is 8.08. The summed E-state index contributed by atoms with van der Waals surface area (Å²) in [4.78, 5) is 10.7. The predicted octanol–water partition coefficient (Wildman–Crippen LogP) is -0.0905. The van der Waals surface area contributed by atoms with E-state index < -0.39 is 37.5 Å². The van der Waals surface area contributed by atoms with Crippen molar-refractivity contribution in [3.05, 3.63) is 30.3 Å². The molecule has 0 spiro atoms. The average molecular weight is 307 g/mol. The number of rotatable bonds is 6. The molecular formula is C10H13NO6S2. The monoisotopic (exact) mass is 307 g/mol. The quantitative estimate of drug-likeness (QED) is 0.786. The number of anilines is 1. The van der Waals surface area contributed by atoms with Crippen molar-refractivity contribution in [2.45, 2.75) is 0 Å². The second-order valence-electron chi connectivity index (χ2n) is 3.89. The van der Waals surface area contributed by atoms with E-state index in [2.05, 4.69) is 0 Å². The zero-order valence-corrected chi connectivity index (χ0v) is 11.7. The van der Waals surface area contributed by atoms with Gasteiger partial charge in [0.1, 0.15) is 6.54 Å². The number of carboxylic acids is 1. The number of sulfone groups is 1. The third-order valence-corrected chi connectivity index (χ3v) is 5.94. The number of benzene rings is 1. The molecule has 0 atom stereocenters. The fourth-order valence-corrected chi connectivity index (χ4v) is 4.82. The lowest BCUT2D eigenvalue weighted by Gasteiger charge is -2.21. The van der Waals surface area contributed by atoms with Crippen molar-refractivity contribution in [3.63, 3.8) is 0 Å². The molecule has 0 aliphatic rings. The van der Waals surface area contributed by atoms with Gasteiger partial charge in [-0.25, -0.2) is 16.8 Å². The van der Waals surface area contributed by atoms with Crippen LogP contribution in [0.5, 0.6) is 0 Å². The molecule has 0 fully saturated rings. The van der Waals surface area contributed by atoms with Crippen LogP contribution in [0.1, 0.15) is 0 Å². The predicted molar refractivity (Wildman–Crippen MR) is 70.1 cm³/mol. The van der Waals surface area contributed by atoms with Crippen LogP contribution in [-0.2, 0) is 24.7 Å². The van der Waals surface area contributed by atoms with Crippen LogP contribution in [0.15, 0.2) is 30.3 Å². The first kappa shape index (κ1) is 15.4. The van der Waals surface area contributed by atoms with Gasteiger partial charge < -0.3 is 5.11 Å². The van der Waals surface area contributed by atoms with Crippen molar-refractivity contribution in [3.8, 4) is 0 Å². The van der Waals surface area contributed by atoms with Crippen molar-refractivity contribution >= 4 is 31.5 Å². The number of aliphatic carboxylic acids is 1. The van der Waals surface area contributed by atoms with E-state index in [1.54, 1.807) is 6.07 Å². The first-order chi connectivity index (χ1) is 8.62.